The number of hydrogen-bond acceptors (Lipinski definition) is 5. The Morgan fingerprint density at radius 3 is 2.74 bits per heavy atom. The summed E-state index contributed by atoms with van der Waals surface area (Å²) in [5.41, 5.74) is 0.823. The van der Waals surface area contributed by atoms with Crippen LogP contribution in [0.5, 0.6) is 5.75 Å². The van der Waals surface area contributed by atoms with Crippen LogP contribution in [0.25, 0.3) is 0 Å². The van der Waals surface area contributed by atoms with Gasteiger partial charge in [0.05, 0.1) is 25.8 Å². The van der Waals surface area contributed by atoms with E-state index in [2.05, 4.69) is 0 Å². The van der Waals surface area contributed by atoms with Crippen LogP contribution in [0.2, 0.25) is 0 Å². The molecule has 1 aliphatic heterocycles. The molecule has 1 fully saturated rings. The Morgan fingerprint density at radius 1 is 1.26 bits per heavy atom. The summed E-state index contributed by atoms with van der Waals surface area (Å²) in [6.07, 6.45) is 0. The quantitative estimate of drug-likeness (QED) is 0.747. The molecule has 6 heteroatoms. The molecule has 1 atom stereocenters. The van der Waals surface area contributed by atoms with Gasteiger partial charge < -0.3 is 14.4 Å². The Kier molecular flexibility index (Phi) is 5.98. The minimum absolute atomic E-state index is 0.0193. The topological polar surface area (TPSA) is 59.1 Å². The summed E-state index contributed by atoms with van der Waals surface area (Å²) in [5.74, 6) is 0.438. The molecule has 2 rings (SSSR count). The monoisotopic (exact) mass is 320 g/mol. The van der Waals surface area contributed by atoms with Crippen LogP contribution in [0, 0.1) is 0 Å². The lowest BCUT2D eigenvalue weighted by atomic mass is 10.1. The number of nitrogens with zero attached hydrogens (tertiary/aromatic N) is 2. The molecule has 1 amide bonds. The van der Waals surface area contributed by atoms with Gasteiger partial charge in [-0.05, 0) is 32.9 Å². The lowest BCUT2D eigenvalue weighted by Crippen LogP contribution is -2.57. The zero-order valence-corrected chi connectivity index (χ0v) is 13.9. The van der Waals surface area contributed by atoms with E-state index < -0.39 is 0 Å². The number of anilines is 1. The summed E-state index contributed by atoms with van der Waals surface area (Å²) in [6.45, 7) is 7.77. The Bertz CT molecular complexity index is 561. The summed E-state index contributed by atoms with van der Waals surface area (Å²) < 4.78 is 10.5. The Morgan fingerprint density at radius 2 is 2.04 bits per heavy atom. The third-order valence-corrected chi connectivity index (χ3v) is 3.86. The van der Waals surface area contributed by atoms with Gasteiger partial charge in [-0.25, -0.2) is 0 Å². The van der Waals surface area contributed by atoms with E-state index in [1.807, 2.05) is 43.0 Å². The zero-order chi connectivity index (χ0) is 16.8. The summed E-state index contributed by atoms with van der Waals surface area (Å²) in [4.78, 5) is 27.9. The molecule has 126 valence electrons. The number of benzene rings is 1. The van der Waals surface area contributed by atoms with Crippen LogP contribution in [0.3, 0.4) is 0 Å². The van der Waals surface area contributed by atoms with Crippen molar-refractivity contribution in [3.05, 3.63) is 24.3 Å². The molecule has 1 aromatic carbocycles. The van der Waals surface area contributed by atoms with Crippen LogP contribution in [0.1, 0.15) is 20.8 Å². The van der Waals surface area contributed by atoms with E-state index in [1.165, 1.54) is 0 Å². The fourth-order valence-electron chi connectivity index (χ4n) is 2.67. The average Bonchev–Trinajstić information content (AvgIpc) is 2.53. The first-order chi connectivity index (χ1) is 11.1. The van der Waals surface area contributed by atoms with Crippen LogP contribution < -0.4 is 9.64 Å². The smallest absolute Gasteiger partial charge is 0.320 e. The normalized spacial score (nSPS) is 18.8. The molecular formula is C17H24N2O4. The number of rotatable bonds is 6. The second-order valence-electron chi connectivity index (χ2n) is 5.37. The van der Waals surface area contributed by atoms with E-state index in [4.69, 9.17) is 9.47 Å². The number of piperazine rings is 1. The predicted octanol–water partition coefficient (Wildman–Crippen LogP) is 1.69. The van der Waals surface area contributed by atoms with Crippen molar-refractivity contribution >= 4 is 17.6 Å². The van der Waals surface area contributed by atoms with Crippen molar-refractivity contribution in [3.63, 3.8) is 0 Å². The maximum absolute atomic E-state index is 12.6. The molecule has 1 unspecified atom stereocenters. The van der Waals surface area contributed by atoms with Crippen molar-refractivity contribution in [2.75, 3.05) is 37.7 Å². The minimum Gasteiger partial charge on any atom is -0.494 e. The Labute approximate surface area is 137 Å². The molecule has 0 aliphatic carbocycles. The highest BCUT2D eigenvalue weighted by molar-refractivity contribution is 5.98. The summed E-state index contributed by atoms with van der Waals surface area (Å²) in [6, 6.07) is 7.16. The fourth-order valence-corrected chi connectivity index (χ4v) is 2.67. The number of carbonyl (C=O) groups is 2. The minimum atomic E-state index is -0.357. The molecule has 0 bridgehead atoms. The first-order valence-corrected chi connectivity index (χ1v) is 8.00. The van der Waals surface area contributed by atoms with Gasteiger partial charge in [0, 0.05) is 24.8 Å². The van der Waals surface area contributed by atoms with Gasteiger partial charge in [-0.3, -0.25) is 14.5 Å². The van der Waals surface area contributed by atoms with E-state index in [0.717, 1.165) is 11.4 Å². The zero-order valence-electron chi connectivity index (χ0n) is 13.9. The lowest BCUT2D eigenvalue weighted by molar-refractivity contribution is -0.145. The highest BCUT2D eigenvalue weighted by atomic mass is 16.5. The van der Waals surface area contributed by atoms with Crippen LogP contribution in [0.15, 0.2) is 24.3 Å². The van der Waals surface area contributed by atoms with Gasteiger partial charge in [0.2, 0.25) is 5.91 Å². The van der Waals surface area contributed by atoms with E-state index in [1.54, 1.807) is 11.8 Å². The van der Waals surface area contributed by atoms with E-state index in [0.29, 0.717) is 26.3 Å². The second kappa shape index (κ2) is 7.97. The SMILES string of the molecule is CCOC(=O)CN1CCN(c2cccc(OCC)c2)C(=O)C1C. The molecule has 0 saturated carbocycles. The highest BCUT2D eigenvalue weighted by Crippen LogP contribution is 2.24. The Hall–Kier alpha value is -2.08. The molecule has 0 aromatic heterocycles. The molecule has 1 aliphatic rings. The van der Waals surface area contributed by atoms with Crippen molar-refractivity contribution in [2.24, 2.45) is 0 Å². The van der Waals surface area contributed by atoms with E-state index >= 15 is 0 Å². The molecule has 6 nitrogen and oxygen atoms in total. The Balaban J connectivity index is 2.06. The number of ether oxygens (including phenoxy) is 2. The molecule has 1 heterocycles. The van der Waals surface area contributed by atoms with E-state index in [-0.39, 0.29) is 24.5 Å². The predicted molar refractivity (Wildman–Crippen MR) is 87.6 cm³/mol. The fraction of sp³-hybridized carbons (Fsp3) is 0.529. The van der Waals surface area contributed by atoms with Gasteiger partial charge in [0.15, 0.2) is 0 Å². The third-order valence-electron chi connectivity index (χ3n) is 3.86. The molecule has 23 heavy (non-hydrogen) atoms. The molecule has 1 aromatic rings. The van der Waals surface area contributed by atoms with Crippen molar-refractivity contribution < 1.29 is 19.1 Å². The number of amides is 1. The standard InChI is InChI=1S/C17H24N2O4/c1-4-22-15-8-6-7-14(11-15)19-10-9-18(13(3)17(19)21)12-16(20)23-5-2/h6-8,11,13H,4-5,9-10,12H2,1-3H3. The lowest BCUT2D eigenvalue weighted by Gasteiger charge is -2.38. The van der Waals surface area contributed by atoms with Crippen molar-refractivity contribution in [1.82, 2.24) is 4.90 Å². The average molecular weight is 320 g/mol. The second-order valence-corrected chi connectivity index (χ2v) is 5.37. The molecule has 0 spiro atoms. The van der Waals surface area contributed by atoms with Gasteiger partial charge in [0.25, 0.3) is 0 Å². The largest absolute Gasteiger partial charge is 0.494 e. The number of hydrogen-bond donors (Lipinski definition) is 0. The molecule has 1 saturated heterocycles. The van der Waals surface area contributed by atoms with Crippen LogP contribution in [0.4, 0.5) is 5.69 Å². The van der Waals surface area contributed by atoms with Crippen LogP contribution in [-0.2, 0) is 14.3 Å². The highest BCUT2D eigenvalue weighted by Gasteiger charge is 2.33. The van der Waals surface area contributed by atoms with Gasteiger partial charge in [-0.1, -0.05) is 6.07 Å². The molecular weight excluding hydrogens is 296 g/mol. The van der Waals surface area contributed by atoms with Gasteiger partial charge in [0.1, 0.15) is 5.75 Å². The maximum Gasteiger partial charge on any atom is 0.320 e. The van der Waals surface area contributed by atoms with Crippen molar-refractivity contribution in [3.8, 4) is 5.75 Å². The third kappa shape index (κ3) is 4.22. The van der Waals surface area contributed by atoms with Crippen LogP contribution in [-0.4, -0.2) is 55.7 Å². The summed E-state index contributed by atoms with van der Waals surface area (Å²) in [5, 5.41) is 0. The van der Waals surface area contributed by atoms with Crippen molar-refractivity contribution in [2.45, 2.75) is 26.8 Å². The summed E-state index contributed by atoms with van der Waals surface area (Å²) >= 11 is 0. The first kappa shape index (κ1) is 17.3. The van der Waals surface area contributed by atoms with Crippen LogP contribution >= 0.6 is 0 Å². The van der Waals surface area contributed by atoms with Crippen molar-refractivity contribution in [1.29, 1.82) is 0 Å². The van der Waals surface area contributed by atoms with E-state index in [9.17, 15) is 9.59 Å². The van der Waals surface area contributed by atoms with Gasteiger partial charge >= 0.3 is 5.97 Å². The number of esters is 1. The first-order valence-electron chi connectivity index (χ1n) is 8.00. The summed E-state index contributed by atoms with van der Waals surface area (Å²) in [7, 11) is 0. The molecule has 0 N–H and O–H groups in total. The molecule has 0 radical (unpaired) electrons. The van der Waals surface area contributed by atoms with Gasteiger partial charge in [-0.15, -0.1) is 0 Å². The number of carbonyl (C=O) groups excluding carboxylic acids is 2. The maximum atomic E-state index is 12.6. The van der Waals surface area contributed by atoms with Gasteiger partial charge in [-0.2, -0.15) is 0 Å².